The summed E-state index contributed by atoms with van der Waals surface area (Å²) in [5.74, 6) is 0.371. The van der Waals surface area contributed by atoms with Crippen molar-refractivity contribution in [3.8, 4) is 0 Å². The molecule has 1 nitrogen and oxygen atoms in total. The molecule has 0 aliphatic heterocycles. The lowest BCUT2D eigenvalue weighted by molar-refractivity contribution is 0.282. The Morgan fingerprint density at radius 1 is 0.640 bits per heavy atom. The zero-order valence-electron chi connectivity index (χ0n) is 14.9. The van der Waals surface area contributed by atoms with Crippen LogP contribution in [0.5, 0.6) is 0 Å². The highest BCUT2D eigenvalue weighted by atomic mass is 14.8. The Balaban J connectivity index is 1.84. The summed E-state index contributed by atoms with van der Waals surface area (Å²) in [5.41, 5.74) is 10.7. The van der Waals surface area contributed by atoms with Crippen molar-refractivity contribution in [3.05, 3.63) is 108 Å². The third-order valence-corrected chi connectivity index (χ3v) is 5.12. The first-order chi connectivity index (χ1) is 12.2. The van der Waals surface area contributed by atoms with Gasteiger partial charge in [-0.1, -0.05) is 97.9 Å². The van der Waals surface area contributed by atoms with Crippen LogP contribution in [-0.4, -0.2) is 5.54 Å². The van der Waals surface area contributed by atoms with E-state index in [9.17, 15) is 0 Å². The Labute approximate surface area is 151 Å². The first-order valence-corrected chi connectivity index (χ1v) is 9.06. The van der Waals surface area contributed by atoms with Crippen molar-refractivity contribution >= 4 is 0 Å². The predicted octanol–water partition coefficient (Wildman–Crippen LogP) is 5.05. The molecule has 25 heavy (non-hydrogen) atoms. The van der Waals surface area contributed by atoms with Crippen LogP contribution in [0.25, 0.3) is 0 Å². The molecule has 2 N–H and O–H groups in total. The van der Waals surface area contributed by atoms with E-state index in [4.69, 9.17) is 5.73 Å². The van der Waals surface area contributed by atoms with Crippen LogP contribution in [0.4, 0.5) is 0 Å². The summed E-state index contributed by atoms with van der Waals surface area (Å²) in [6, 6.07) is 31.9. The predicted molar refractivity (Wildman–Crippen MR) is 107 cm³/mol. The Hall–Kier alpha value is -2.38. The first-order valence-electron chi connectivity index (χ1n) is 9.06. The fourth-order valence-corrected chi connectivity index (χ4v) is 3.53. The van der Waals surface area contributed by atoms with Gasteiger partial charge in [-0.2, -0.15) is 0 Å². The van der Waals surface area contributed by atoms with Gasteiger partial charge in [-0.25, -0.2) is 0 Å². The van der Waals surface area contributed by atoms with E-state index in [0.717, 1.165) is 19.3 Å². The van der Waals surface area contributed by atoms with E-state index in [1.54, 1.807) is 0 Å². The van der Waals surface area contributed by atoms with E-state index < -0.39 is 0 Å². The molecule has 0 radical (unpaired) electrons. The van der Waals surface area contributed by atoms with E-state index in [2.05, 4.69) is 97.9 Å². The molecule has 0 bridgehead atoms. The van der Waals surface area contributed by atoms with Gasteiger partial charge in [0.1, 0.15) is 0 Å². The van der Waals surface area contributed by atoms with Gasteiger partial charge in [0.25, 0.3) is 0 Å². The molecule has 1 unspecified atom stereocenters. The molecule has 3 rings (SSSR count). The maximum Gasteiger partial charge on any atom is 0.0265 e. The molecule has 0 aromatic heterocycles. The molecule has 1 heteroatoms. The fourth-order valence-electron chi connectivity index (χ4n) is 3.53. The van der Waals surface area contributed by atoms with Gasteiger partial charge < -0.3 is 5.73 Å². The van der Waals surface area contributed by atoms with Gasteiger partial charge in [0.05, 0.1) is 0 Å². The van der Waals surface area contributed by atoms with Crippen LogP contribution in [-0.2, 0) is 19.3 Å². The molecule has 128 valence electrons. The molecular weight excluding hydrogens is 302 g/mol. The Morgan fingerprint density at radius 3 is 1.40 bits per heavy atom. The van der Waals surface area contributed by atoms with Gasteiger partial charge in [0.2, 0.25) is 0 Å². The highest BCUT2D eigenvalue weighted by molar-refractivity contribution is 5.24. The van der Waals surface area contributed by atoms with Gasteiger partial charge in [0.15, 0.2) is 0 Å². The van der Waals surface area contributed by atoms with Gasteiger partial charge in [-0.3, -0.25) is 0 Å². The monoisotopic (exact) mass is 329 g/mol. The fraction of sp³-hybridized carbons (Fsp3) is 0.250. The van der Waals surface area contributed by atoms with Gasteiger partial charge in [-0.15, -0.1) is 0 Å². The maximum atomic E-state index is 7.05. The zero-order chi connectivity index (χ0) is 17.5. The number of benzene rings is 3. The molecule has 0 aliphatic carbocycles. The lowest BCUT2D eigenvalue weighted by atomic mass is 9.74. The number of rotatable bonds is 7. The second-order valence-electron chi connectivity index (χ2n) is 7.15. The van der Waals surface area contributed by atoms with Crippen LogP contribution in [0.3, 0.4) is 0 Å². The Morgan fingerprint density at radius 2 is 1.00 bits per heavy atom. The summed E-state index contributed by atoms with van der Waals surface area (Å²) in [6.07, 6.45) is 2.77. The summed E-state index contributed by atoms with van der Waals surface area (Å²) in [4.78, 5) is 0. The van der Waals surface area contributed by atoms with Crippen molar-refractivity contribution in [2.75, 3.05) is 0 Å². The van der Waals surface area contributed by atoms with Crippen molar-refractivity contribution < 1.29 is 0 Å². The van der Waals surface area contributed by atoms with Crippen molar-refractivity contribution in [3.63, 3.8) is 0 Å². The second-order valence-corrected chi connectivity index (χ2v) is 7.15. The highest BCUT2D eigenvalue weighted by Crippen LogP contribution is 2.27. The summed E-state index contributed by atoms with van der Waals surface area (Å²) in [7, 11) is 0. The highest BCUT2D eigenvalue weighted by Gasteiger charge is 2.32. The summed E-state index contributed by atoms with van der Waals surface area (Å²) >= 11 is 0. The van der Waals surface area contributed by atoms with Crippen LogP contribution in [0, 0.1) is 5.92 Å². The lowest BCUT2D eigenvalue weighted by Gasteiger charge is -2.36. The van der Waals surface area contributed by atoms with E-state index >= 15 is 0 Å². The van der Waals surface area contributed by atoms with E-state index in [1.165, 1.54) is 16.7 Å². The molecule has 3 aromatic carbocycles. The minimum Gasteiger partial charge on any atom is -0.324 e. The molecule has 0 aliphatic rings. The van der Waals surface area contributed by atoms with Gasteiger partial charge in [-0.05, 0) is 41.9 Å². The zero-order valence-corrected chi connectivity index (χ0v) is 14.9. The first kappa shape index (κ1) is 17.4. The number of hydrogen-bond donors (Lipinski definition) is 1. The molecule has 0 amide bonds. The number of hydrogen-bond acceptors (Lipinski definition) is 1. The van der Waals surface area contributed by atoms with Crippen LogP contribution < -0.4 is 5.73 Å². The summed E-state index contributed by atoms with van der Waals surface area (Å²) < 4.78 is 0. The Kier molecular flexibility index (Phi) is 5.67. The Bertz CT molecular complexity index is 708. The van der Waals surface area contributed by atoms with Crippen molar-refractivity contribution in [2.24, 2.45) is 11.7 Å². The molecule has 1 atom stereocenters. The van der Waals surface area contributed by atoms with Crippen molar-refractivity contribution in [1.29, 1.82) is 0 Å². The lowest BCUT2D eigenvalue weighted by Crippen LogP contribution is -2.51. The SMILES string of the molecule is CC(Cc1ccccc1)C(N)(Cc1ccccc1)Cc1ccccc1. The molecule has 3 aromatic rings. The quantitative estimate of drug-likeness (QED) is 0.645. The molecule has 0 saturated heterocycles. The average Bonchev–Trinajstić information content (AvgIpc) is 2.64. The standard InChI is InChI=1S/C24H27N/c1-20(17-21-11-5-2-6-12-21)24(25,18-22-13-7-3-8-14-22)19-23-15-9-4-10-16-23/h2-16,20H,17-19,25H2,1H3. The van der Waals surface area contributed by atoms with Crippen LogP contribution in [0.2, 0.25) is 0 Å². The molecule has 0 saturated carbocycles. The van der Waals surface area contributed by atoms with E-state index in [0.29, 0.717) is 5.92 Å². The summed E-state index contributed by atoms with van der Waals surface area (Å²) in [6.45, 7) is 2.29. The molecule has 0 spiro atoms. The molecular formula is C24H27N. The average molecular weight is 329 g/mol. The minimum absolute atomic E-state index is 0.279. The van der Waals surface area contributed by atoms with Crippen LogP contribution in [0.15, 0.2) is 91.0 Å². The topological polar surface area (TPSA) is 26.0 Å². The largest absolute Gasteiger partial charge is 0.324 e. The normalized spacial score (nSPS) is 12.7. The van der Waals surface area contributed by atoms with Crippen molar-refractivity contribution in [2.45, 2.75) is 31.7 Å². The van der Waals surface area contributed by atoms with Crippen molar-refractivity contribution in [1.82, 2.24) is 0 Å². The van der Waals surface area contributed by atoms with E-state index in [1.807, 2.05) is 0 Å². The third kappa shape index (κ3) is 4.80. The molecule has 0 fully saturated rings. The van der Waals surface area contributed by atoms with E-state index in [-0.39, 0.29) is 5.54 Å². The van der Waals surface area contributed by atoms with Gasteiger partial charge in [0, 0.05) is 5.54 Å². The third-order valence-electron chi connectivity index (χ3n) is 5.12. The second kappa shape index (κ2) is 8.13. The maximum absolute atomic E-state index is 7.05. The minimum atomic E-state index is -0.279. The molecule has 0 heterocycles. The van der Waals surface area contributed by atoms with Gasteiger partial charge >= 0.3 is 0 Å². The number of nitrogens with two attached hydrogens (primary N) is 1. The van der Waals surface area contributed by atoms with Crippen LogP contribution in [0.1, 0.15) is 23.6 Å². The summed E-state index contributed by atoms with van der Waals surface area (Å²) in [5, 5.41) is 0. The van der Waals surface area contributed by atoms with Crippen LogP contribution >= 0.6 is 0 Å². The smallest absolute Gasteiger partial charge is 0.0265 e.